The number of carbonyl (C=O) groups is 1. The molecule has 2 nitrogen and oxygen atoms in total. The number of rotatable bonds is 5. The molecule has 1 amide bonds. The average molecular weight is 397 g/mol. The summed E-state index contributed by atoms with van der Waals surface area (Å²) in [6.07, 6.45) is 0.811. The van der Waals surface area contributed by atoms with Gasteiger partial charge in [-0.05, 0) is 30.2 Å². The molecule has 0 radical (unpaired) electrons. The second kappa shape index (κ2) is 7.60. The van der Waals surface area contributed by atoms with E-state index in [-0.39, 0.29) is 11.9 Å². The standard InChI is InChI=1S/C16H15Br2NO/c17-11-15(9-12-5-2-1-3-6-12)19-16(20)13-7-4-8-14(18)10-13/h1-8,10,15H,9,11H2,(H,19,20). The molecule has 0 aliphatic carbocycles. The Morgan fingerprint density at radius 1 is 1.10 bits per heavy atom. The fourth-order valence-corrected chi connectivity index (χ4v) is 2.73. The van der Waals surface area contributed by atoms with Gasteiger partial charge in [0.1, 0.15) is 0 Å². The number of nitrogens with one attached hydrogen (secondary N) is 1. The minimum atomic E-state index is -0.0494. The van der Waals surface area contributed by atoms with Crippen LogP contribution in [0, 0.1) is 0 Å². The maximum absolute atomic E-state index is 12.2. The van der Waals surface area contributed by atoms with Crippen LogP contribution in [0.15, 0.2) is 59.1 Å². The quantitative estimate of drug-likeness (QED) is 0.754. The van der Waals surface area contributed by atoms with Crippen LogP contribution in [-0.4, -0.2) is 17.3 Å². The number of carbonyl (C=O) groups excluding carboxylic acids is 1. The van der Waals surface area contributed by atoms with E-state index in [4.69, 9.17) is 0 Å². The van der Waals surface area contributed by atoms with Crippen molar-refractivity contribution in [3.63, 3.8) is 0 Å². The summed E-state index contributed by atoms with van der Waals surface area (Å²) in [6, 6.07) is 17.6. The van der Waals surface area contributed by atoms with Crippen LogP contribution in [-0.2, 0) is 6.42 Å². The first-order valence-corrected chi connectivity index (χ1v) is 8.27. The Morgan fingerprint density at radius 2 is 1.85 bits per heavy atom. The van der Waals surface area contributed by atoms with Crippen LogP contribution in [0.25, 0.3) is 0 Å². The lowest BCUT2D eigenvalue weighted by molar-refractivity contribution is 0.0941. The van der Waals surface area contributed by atoms with Gasteiger partial charge in [0.25, 0.3) is 5.91 Å². The van der Waals surface area contributed by atoms with Gasteiger partial charge in [0.15, 0.2) is 0 Å². The van der Waals surface area contributed by atoms with Gasteiger partial charge in [0.05, 0.1) is 0 Å². The zero-order valence-electron chi connectivity index (χ0n) is 10.9. The molecular weight excluding hydrogens is 382 g/mol. The molecule has 1 unspecified atom stereocenters. The summed E-state index contributed by atoms with van der Waals surface area (Å²) in [7, 11) is 0. The van der Waals surface area contributed by atoms with Crippen LogP contribution in [0.3, 0.4) is 0 Å². The molecule has 20 heavy (non-hydrogen) atoms. The Hall–Kier alpha value is -1.13. The van der Waals surface area contributed by atoms with Crippen molar-refractivity contribution in [3.8, 4) is 0 Å². The van der Waals surface area contributed by atoms with Crippen molar-refractivity contribution in [2.45, 2.75) is 12.5 Å². The molecule has 104 valence electrons. The Labute approximate surface area is 135 Å². The summed E-state index contributed by atoms with van der Waals surface area (Å²) in [5.74, 6) is -0.0494. The van der Waals surface area contributed by atoms with Gasteiger partial charge in [-0.1, -0.05) is 68.3 Å². The molecule has 4 heteroatoms. The van der Waals surface area contributed by atoms with Crippen molar-refractivity contribution in [2.75, 3.05) is 5.33 Å². The van der Waals surface area contributed by atoms with Crippen molar-refractivity contribution >= 4 is 37.8 Å². The van der Waals surface area contributed by atoms with Crippen LogP contribution in [0.2, 0.25) is 0 Å². The van der Waals surface area contributed by atoms with Crippen molar-refractivity contribution in [1.82, 2.24) is 5.32 Å². The lowest BCUT2D eigenvalue weighted by Crippen LogP contribution is -2.37. The third-order valence-corrected chi connectivity index (χ3v) is 4.21. The van der Waals surface area contributed by atoms with E-state index >= 15 is 0 Å². The van der Waals surface area contributed by atoms with Gasteiger partial charge in [0, 0.05) is 21.4 Å². The predicted molar refractivity (Wildman–Crippen MR) is 89.3 cm³/mol. The fourth-order valence-electron chi connectivity index (χ4n) is 1.94. The van der Waals surface area contributed by atoms with Crippen molar-refractivity contribution in [3.05, 3.63) is 70.2 Å². The molecule has 1 N–H and O–H groups in total. The zero-order valence-corrected chi connectivity index (χ0v) is 14.0. The molecule has 0 saturated heterocycles. The number of benzene rings is 2. The van der Waals surface area contributed by atoms with Crippen LogP contribution in [0.5, 0.6) is 0 Å². The zero-order chi connectivity index (χ0) is 14.4. The fraction of sp³-hybridized carbons (Fsp3) is 0.188. The van der Waals surface area contributed by atoms with E-state index in [2.05, 4.69) is 49.3 Å². The Bertz CT molecular complexity index is 572. The van der Waals surface area contributed by atoms with E-state index in [1.54, 1.807) is 0 Å². The molecular formula is C16H15Br2NO. The van der Waals surface area contributed by atoms with E-state index < -0.39 is 0 Å². The highest BCUT2D eigenvalue weighted by Crippen LogP contribution is 2.12. The van der Waals surface area contributed by atoms with Gasteiger partial charge >= 0.3 is 0 Å². The maximum atomic E-state index is 12.2. The van der Waals surface area contributed by atoms with Crippen LogP contribution in [0.1, 0.15) is 15.9 Å². The number of halogens is 2. The van der Waals surface area contributed by atoms with Crippen LogP contribution in [0.4, 0.5) is 0 Å². The minimum Gasteiger partial charge on any atom is -0.348 e. The molecule has 2 aromatic rings. The molecule has 2 rings (SSSR count). The second-order valence-electron chi connectivity index (χ2n) is 4.52. The highest BCUT2D eigenvalue weighted by Gasteiger charge is 2.13. The van der Waals surface area contributed by atoms with Crippen LogP contribution < -0.4 is 5.32 Å². The van der Waals surface area contributed by atoms with Gasteiger partial charge in [-0.25, -0.2) is 0 Å². The van der Waals surface area contributed by atoms with E-state index in [0.29, 0.717) is 5.56 Å². The number of amides is 1. The van der Waals surface area contributed by atoms with Gasteiger partial charge in [-0.15, -0.1) is 0 Å². The van der Waals surface area contributed by atoms with Crippen LogP contribution >= 0.6 is 31.9 Å². The summed E-state index contributed by atoms with van der Waals surface area (Å²) >= 11 is 6.84. The van der Waals surface area contributed by atoms with Crippen molar-refractivity contribution < 1.29 is 4.79 Å². The van der Waals surface area contributed by atoms with Crippen molar-refractivity contribution in [2.24, 2.45) is 0 Å². The SMILES string of the molecule is O=C(NC(CBr)Cc1ccccc1)c1cccc(Br)c1. The highest BCUT2D eigenvalue weighted by molar-refractivity contribution is 9.10. The average Bonchev–Trinajstić information content (AvgIpc) is 2.47. The molecule has 0 saturated carbocycles. The summed E-state index contributed by atoms with van der Waals surface area (Å²) in [4.78, 5) is 12.2. The van der Waals surface area contributed by atoms with Gasteiger partial charge in [0.2, 0.25) is 0 Å². The molecule has 0 aliphatic heterocycles. The molecule has 0 bridgehead atoms. The molecule has 1 atom stereocenters. The van der Waals surface area contributed by atoms with E-state index in [1.807, 2.05) is 42.5 Å². The first kappa shape index (κ1) is 15.3. The van der Waals surface area contributed by atoms with Gasteiger partial charge in [-0.2, -0.15) is 0 Å². The molecule has 0 heterocycles. The summed E-state index contributed by atoms with van der Waals surface area (Å²) in [5.41, 5.74) is 1.88. The first-order chi connectivity index (χ1) is 9.69. The number of hydrogen-bond acceptors (Lipinski definition) is 1. The van der Waals surface area contributed by atoms with Gasteiger partial charge in [-0.3, -0.25) is 4.79 Å². The largest absolute Gasteiger partial charge is 0.348 e. The Kier molecular flexibility index (Phi) is 5.80. The lowest BCUT2D eigenvalue weighted by atomic mass is 10.1. The third-order valence-electron chi connectivity index (χ3n) is 2.93. The lowest BCUT2D eigenvalue weighted by Gasteiger charge is -2.16. The summed E-state index contributed by atoms with van der Waals surface area (Å²) in [5, 5.41) is 3.78. The van der Waals surface area contributed by atoms with E-state index in [1.165, 1.54) is 5.56 Å². The normalized spacial score (nSPS) is 11.9. The molecule has 0 spiro atoms. The molecule has 0 aliphatic rings. The monoisotopic (exact) mass is 395 g/mol. The Balaban J connectivity index is 2.01. The van der Waals surface area contributed by atoms with E-state index in [9.17, 15) is 4.79 Å². The first-order valence-electron chi connectivity index (χ1n) is 6.35. The molecule has 0 fully saturated rings. The number of hydrogen-bond donors (Lipinski definition) is 1. The third kappa shape index (κ3) is 4.46. The smallest absolute Gasteiger partial charge is 0.251 e. The van der Waals surface area contributed by atoms with Gasteiger partial charge < -0.3 is 5.32 Å². The van der Waals surface area contributed by atoms with Crippen molar-refractivity contribution in [1.29, 1.82) is 0 Å². The minimum absolute atomic E-state index is 0.0494. The molecule has 0 aromatic heterocycles. The molecule has 2 aromatic carbocycles. The predicted octanol–water partition coefficient (Wildman–Crippen LogP) is 4.19. The number of alkyl halides is 1. The second-order valence-corrected chi connectivity index (χ2v) is 6.09. The summed E-state index contributed by atoms with van der Waals surface area (Å²) in [6.45, 7) is 0. The maximum Gasteiger partial charge on any atom is 0.251 e. The topological polar surface area (TPSA) is 29.1 Å². The highest BCUT2D eigenvalue weighted by atomic mass is 79.9. The Morgan fingerprint density at radius 3 is 2.50 bits per heavy atom. The van der Waals surface area contributed by atoms with E-state index in [0.717, 1.165) is 16.2 Å². The summed E-state index contributed by atoms with van der Waals surface area (Å²) < 4.78 is 0.906.